The predicted octanol–water partition coefficient (Wildman–Crippen LogP) is 1.54. The largest absolute Gasteiger partial charge is 0.377 e. The van der Waals surface area contributed by atoms with Crippen molar-refractivity contribution in [2.75, 3.05) is 27.3 Å². The Morgan fingerprint density at radius 1 is 1.32 bits per heavy atom. The van der Waals surface area contributed by atoms with Crippen molar-refractivity contribution >= 4 is 0 Å². The predicted molar refractivity (Wildman–Crippen MR) is 68.0 cm³/mol. The number of hydrogen-bond donors (Lipinski definition) is 0. The molecule has 0 aliphatic carbocycles. The van der Waals surface area contributed by atoms with Crippen LogP contribution in [0.5, 0.6) is 0 Å². The molecule has 102 valence electrons. The van der Waals surface area contributed by atoms with Crippen LogP contribution < -0.4 is 0 Å². The minimum absolute atomic E-state index is 0.00668. The molecule has 1 aliphatic rings. The van der Waals surface area contributed by atoms with Crippen LogP contribution in [-0.2, 0) is 16.0 Å². The molecule has 0 aromatic heterocycles. The molecule has 0 saturated carbocycles. The van der Waals surface area contributed by atoms with Gasteiger partial charge in [0.2, 0.25) is 0 Å². The summed E-state index contributed by atoms with van der Waals surface area (Å²) in [4.78, 5) is 2.07. The number of halogens is 1. The first-order valence-electron chi connectivity index (χ1n) is 6.15. The molecule has 2 unspecified atom stereocenters. The van der Waals surface area contributed by atoms with Crippen molar-refractivity contribution in [1.82, 2.24) is 4.90 Å². The summed E-state index contributed by atoms with van der Waals surface area (Å²) in [6.07, 6.45) is 0.0134. The Morgan fingerprint density at radius 3 is 2.47 bits per heavy atom. The fourth-order valence-corrected chi connectivity index (χ4v) is 2.43. The lowest BCUT2D eigenvalue weighted by Crippen LogP contribution is -2.27. The molecule has 0 bridgehead atoms. The van der Waals surface area contributed by atoms with Crippen molar-refractivity contribution in [2.45, 2.75) is 18.8 Å². The van der Waals surface area contributed by atoms with Crippen LogP contribution in [0.3, 0.4) is 0 Å². The van der Waals surface area contributed by atoms with Crippen molar-refractivity contribution in [3.05, 3.63) is 35.1 Å². The van der Waals surface area contributed by atoms with Crippen molar-refractivity contribution in [1.29, 1.82) is 5.26 Å². The third-order valence-corrected chi connectivity index (χ3v) is 3.49. The SMILES string of the molecule is COC1CN(Cc2cccc(C#N)c2F)CC1OC. The van der Waals surface area contributed by atoms with Gasteiger partial charge in [-0.3, -0.25) is 4.90 Å². The van der Waals surface area contributed by atoms with E-state index in [1.807, 2.05) is 6.07 Å². The zero-order valence-corrected chi connectivity index (χ0v) is 11.1. The number of hydrogen-bond acceptors (Lipinski definition) is 4. The van der Waals surface area contributed by atoms with Crippen LogP contribution in [0.4, 0.5) is 4.39 Å². The van der Waals surface area contributed by atoms with Gasteiger partial charge in [-0.1, -0.05) is 12.1 Å². The molecule has 1 fully saturated rings. The molecule has 0 spiro atoms. The Morgan fingerprint density at radius 2 is 1.95 bits per heavy atom. The van der Waals surface area contributed by atoms with Gasteiger partial charge in [-0.05, 0) is 6.07 Å². The third-order valence-electron chi connectivity index (χ3n) is 3.49. The van der Waals surface area contributed by atoms with Crippen LogP contribution in [0.1, 0.15) is 11.1 Å². The highest BCUT2D eigenvalue weighted by atomic mass is 19.1. The number of nitrogens with zero attached hydrogens (tertiary/aromatic N) is 2. The Bertz CT molecular complexity index is 475. The van der Waals surface area contributed by atoms with Gasteiger partial charge in [0.25, 0.3) is 0 Å². The van der Waals surface area contributed by atoms with Gasteiger partial charge in [-0.15, -0.1) is 0 Å². The molecule has 2 rings (SSSR count). The molecule has 1 aromatic rings. The lowest BCUT2D eigenvalue weighted by atomic mass is 10.1. The quantitative estimate of drug-likeness (QED) is 0.827. The number of rotatable bonds is 4. The molecule has 1 heterocycles. The van der Waals surface area contributed by atoms with Gasteiger partial charge in [0.1, 0.15) is 11.9 Å². The first kappa shape index (κ1) is 13.9. The van der Waals surface area contributed by atoms with E-state index < -0.39 is 5.82 Å². The van der Waals surface area contributed by atoms with Gasteiger partial charge in [0.15, 0.2) is 0 Å². The summed E-state index contributed by atoms with van der Waals surface area (Å²) in [5, 5.41) is 8.82. The maximum Gasteiger partial charge on any atom is 0.145 e. The fraction of sp³-hybridized carbons (Fsp3) is 0.500. The molecule has 1 aromatic carbocycles. The normalized spacial score (nSPS) is 23.5. The summed E-state index contributed by atoms with van der Waals surface area (Å²) in [6.45, 7) is 1.86. The van der Waals surface area contributed by atoms with Crippen molar-refractivity contribution in [3.63, 3.8) is 0 Å². The van der Waals surface area contributed by atoms with Crippen molar-refractivity contribution in [3.8, 4) is 6.07 Å². The Balaban J connectivity index is 2.09. The smallest absolute Gasteiger partial charge is 0.145 e. The van der Waals surface area contributed by atoms with E-state index >= 15 is 0 Å². The van der Waals surface area contributed by atoms with Crippen LogP contribution in [0.2, 0.25) is 0 Å². The lowest BCUT2D eigenvalue weighted by molar-refractivity contribution is -0.00461. The fourth-order valence-electron chi connectivity index (χ4n) is 2.43. The van der Waals surface area contributed by atoms with Crippen molar-refractivity contribution in [2.24, 2.45) is 0 Å². The van der Waals surface area contributed by atoms with E-state index in [2.05, 4.69) is 4.90 Å². The highest BCUT2D eigenvalue weighted by Crippen LogP contribution is 2.20. The zero-order chi connectivity index (χ0) is 13.8. The highest BCUT2D eigenvalue weighted by molar-refractivity contribution is 5.34. The van der Waals surface area contributed by atoms with Gasteiger partial charge in [0.05, 0.1) is 17.8 Å². The second-order valence-corrected chi connectivity index (χ2v) is 4.63. The van der Waals surface area contributed by atoms with E-state index in [-0.39, 0.29) is 17.8 Å². The van der Waals surface area contributed by atoms with Gasteiger partial charge >= 0.3 is 0 Å². The molecule has 0 amide bonds. The van der Waals surface area contributed by atoms with Crippen LogP contribution >= 0.6 is 0 Å². The maximum atomic E-state index is 14.0. The minimum atomic E-state index is -0.431. The molecule has 1 aliphatic heterocycles. The molecular formula is C14H17FN2O2. The summed E-state index contributed by atoms with van der Waals surface area (Å²) >= 11 is 0. The number of nitriles is 1. The lowest BCUT2D eigenvalue weighted by Gasteiger charge is -2.15. The van der Waals surface area contributed by atoms with E-state index in [0.717, 1.165) is 0 Å². The molecule has 0 radical (unpaired) electrons. The molecular weight excluding hydrogens is 247 g/mol. The summed E-state index contributed by atoms with van der Waals surface area (Å²) in [5.41, 5.74) is 0.619. The van der Waals surface area contributed by atoms with Crippen LogP contribution in [0.25, 0.3) is 0 Å². The zero-order valence-electron chi connectivity index (χ0n) is 11.1. The minimum Gasteiger partial charge on any atom is -0.377 e. The molecule has 0 N–H and O–H groups in total. The second-order valence-electron chi connectivity index (χ2n) is 4.63. The Hall–Kier alpha value is -1.48. The molecule has 2 atom stereocenters. The van der Waals surface area contributed by atoms with Crippen LogP contribution in [0.15, 0.2) is 18.2 Å². The molecule has 5 heteroatoms. The molecule has 1 saturated heterocycles. The highest BCUT2D eigenvalue weighted by Gasteiger charge is 2.33. The first-order valence-corrected chi connectivity index (χ1v) is 6.15. The third kappa shape index (κ3) is 2.92. The van der Waals surface area contributed by atoms with Crippen molar-refractivity contribution < 1.29 is 13.9 Å². The Kier molecular flexibility index (Phi) is 4.48. The van der Waals surface area contributed by atoms with Gasteiger partial charge < -0.3 is 9.47 Å². The second kappa shape index (κ2) is 6.11. The van der Waals surface area contributed by atoms with Gasteiger partial charge in [-0.25, -0.2) is 4.39 Å². The molecule has 19 heavy (non-hydrogen) atoms. The first-order chi connectivity index (χ1) is 9.19. The van der Waals surface area contributed by atoms with Crippen LogP contribution in [-0.4, -0.2) is 44.4 Å². The van der Waals surface area contributed by atoms with E-state index in [4.69, 9.17) is 14.7 Å². The average molecular weight is 264 g/mol. The van der Waals surface area contributed by atoms with Crippen LogP contribution in [0, 0.1) is 17.1 Å². The van der Waals surface area contributed by atoms with Gasteiger partial charge in [0, 0.05) is 39.4 Å². The average Bonchev–Trinajstić information content (AvgIpc) is 2.83. The monoisotopic (exact) mass is 264 g/mol. The number of ether oxygens (including phenoxy) is 2. The van der Waals surface area contributed by atoms with Gasteiger partial charge in [-0.2, -0.15) is 5.26 Å². The summed E-state index contributed by atoms with van der Waals surface area (Å²) < 4.78 is 24.7. The summed E-state index contributed by atoms with van der Waals surface area (Å²) in [6, 6.07) is 6.75. The number of benzene rings is 1. The van der Waals surface area contributed by atoms with E-state index in [1.54, 1.807) is 26.4 Å². The topological polar surface area (TPSA) is 45.5 Å². The standard InChI is InChI=1S/C14H17FN2O2/c1-18-12-8-17(9-13(12)19-2)7-11-5-3-4-10(6-16)14(11)15/h3-5,12-13H,7-9H2,1-2H3. The van der Waals surface area contributed by atoms with E-state index in [0.29, 0.717) is 25.2 Å². The summed E-state index contributed by atoms with van der Waals surface area (Å²) in [7, 11) is 3.30. The summed E-state index contributed by atoms with van der Waals surface area (Å²) in [5.74, 6) is -0.431. The van der Waals surface area contributed by atoms with E-state index in [9.17, 15) is 4.39 Å². The van der Waals surface area contributed by atoms with E-state index in [1.165, 1.54) is 6.07 Å². The number of methoxy groups -OCH3 is 2. The Labute approximate surface area is 112 Å². The molecule has 4 nitrogen and oxygen atoms in total. The maximum absolute atomic E-state index is 14.0. The number of likely N-dealkylation sites (tertiary alicyclic amines) is 1.